The third-order valence-electron chi connectivity index (χ3n) is 5.64. The lowest BCUT2D eigenvalue weighted by atomic mass is 10.1. The molecule has 0 N–H and O–H groups in total. The normalized spacial score (nSPS) is 12.4. The van der Waals surface area contributed by atoms with Crippen molar-refractivity contribution in [3.8, 4) is 5.75 Å². The van der Waals surface area contributed by atoms with Crippen LogP contribution in [0.2, 0.25) is 16.6 Å². The maximum Gasteiger partial charge on any atom is 0.342 e. The highest BCUT2D eigenvalue weighted by Gasteiger charge is 2.45. The maximum atomic E-state index is 12.4. The van der Waals surface area contributed by atoms with Gasteiger partial charge in [-0.15, -0.1) is 0 Å². The number of esters is 1. The Morgan fingerprint density at radius 1 is 0.960 bits per heavy atom. The van der Waals surface area contributed by atoms with Gasteiger partial charge in [0.05, 0.1) is 14.2 Å². The summed E-state index contributed by atoms with van der Waals surface area (Å²) >= 11 is 0. The van der Waals surface area contributed by atoms with Crippen LogP contribution in [0.15, 0.2) is 24.4 Å². The molecule has 1 heterocycles. The molecular formula is C20H31NO3Si. The Balaban J connectivity index is 2.86. The summed E-state index contributed by atoms with van der Waals surface area (Å²) < 4.78 is 12.9. The van der Waals surface area contributed by atoms with E-state index in [1.807, 2.05) is 12.1 Å². The highest BCUT2D eigenvalue weighted by molar-refractivity contribution is 6.82. The number of hydrogen-bond donors (Lipinski definition) is 0. The van der Waals surface area contributed by atoms with Crippen LogP contribution in [0.3, 0.4) is 0 Å². The number of ether oxygens (including phenoxy) is 2. The number of nitrogens with zero attached hydrogens (tertiary/aromatic N) is 1. The van der Waals surface area contributed by atoms with Gasteiger partial charge in [0.15, 0.2) is 8.24 Å². The molecular weight excluding hydrogens is 330 g/mol. The van der Waals surface area contributed by atoms with Gasteiger partial charge in [-0.1, -0.05) is 41.5 Å². The van der Waals surface area contributed by atoms with Crippen LogP contribution in [0, 0.1) is 0 Å². The summed E-state index contributed by atoms with van der Waals surface area (Å²) in [5, 5.41) is 0.907. The molecule has 0 radical (unpaired) electrons. The van der Waals surface area contributed by atoms with E-state index in [1.165, 1.54) is 7.11 Å². The fourth-order valence-electron chi connectivity index (χ4n) is 4.85. The van der Waals surface area contributed by atoms with E-state index in [1.54, 1.807) is 7.11 Å². The van der Waals surface area contributed by atoms with Gasteiger partial charge in [-0.25, -0.2) is 4.79 Å². The maximum absolute atomic E-state index is 12.4. The second-order valence-electron chi connectivity index (χ2n) is 7.60. The van der Waals surface area contributed by atoms with Gasteiger partial charge in [-0.05, 0) is 41.0 Å². The van der Waals surface area contributed by atoms with Crippen LogP contribution in [0.25, 0.3) is 10.9 Å². The van der Waals surface area contributed by atoms with Crippen LogP contribution in [0.1, 0.15) is 51.9 Å². The lowest BCUT2D eigenvalue weighted by Gasteiger charge is -2.44. The first kappa shape index (κ1) is 19.6. The number of methoxy groups -OCH3 is 2. The van der Waals surface area contributed by atoms with E-state index in [0.717, 1.165) is 10.9 Å². The van der Waals surface area contributed by atoms with Crippen molar-refractivity contribution in [2.45, 2.75) is 58.2 Å². The zero-order valence-electron chi connectivity index (χ0n) is 16.7. The van der Waals surface area contributed by atoms with Crippen molar-refractivity contribution in [3.05, 3.63) is 30.0 Å². The fourth-order valence-corrected chi connectivity index (χ4v) is 11.5. The number of carbonyl (C=O) groups excluding carboxylic acids is 1. The molecule has 2 rings (SSSR count). The standard InChI is InChI=1S/C20H31NO3Si/c1-13(2)25(14(3)4,15(5)6)21-12-11-16-17(21)9-10-18(23-7)19(16)20(22)24-8/h9-15H,1-8H3. The van der Waals surface area contributed by atoms with Crippen molar-refractivity contribution in [2.75, 3.05) is 14.2 Å². The van der Waals surface area contributed by atoms with Crippen molar-refractivity contribution >= 4 is 25.1 Å². The predicted molar refractivity (Wildman–Crippen MR) is 106 cm³/mol. The second kappa shape index (κ2) is 7.24. The van der Waals surface area contributed by atoms with Crippen LogP contribution in [0.5, 0.6) is 5.75 Å². The van der Waals surface area contributed by atoms with E-state index < -0.39 is 8.24 Å². The predicted octanol–water partition coefficient (Wildman–Crippen LogP) is 5.46. The minimum Gasteiger partial charge on any atom is -0.496 e. The Labute approximate surface area is 152 Å². The molecule has 1 aromatic carbocycles. The van der Waals surface area contributed by atoms with E-state index >= 15 is 0 Å². The van der Waals surface area contributed by atoms with E-state index in [0.29, 0.717) is 27.9 Å². The van der Waals surface area contributed by atoms with E-state index in [4.69, 9.17) is 9.47 Å². The number of carbonyl (C=O) groups is 1. The lowest BCUT2D eigenvalue weighted by molar-refractivity contribution is 0.0599. The van der Waals surface area contributed by atoms with Gasteiger partial charge in [-0.2, -0.15) is 0 Å². The third kappa shape index (κ3) is 2.88. The molecule has 0 fully saturated rings. The van der Waals surface area contributed by atoms with Crippen LogP contribution in [0.4, 0.5) is 0 Å². The molecule has 0 atom stereocenters. The largest absolute Gasteiger partial charge is 0.496 e. The average Bonchev–Trinajstić information content (AvgIpc) is 2.97. The first-order chi connectivity index (χ1) is 11.7. The molecule has 0 aliphatic rings. The summed E-state index contributed by atoms with van der Waals surface area (Å²) in [6, 6.07) is 6.00. The minimum absolute atomic E-state index is 0.355. The Hall–Kier alpha value is -1.75. The molecule has 5 heteroatoms. The Bertz CT molecular complexity index is 740. The number of rotatable bonds is 6. The molecule has 0 bridgehead atoms. The zero-order chi connectivity index (χ0) is 18.9. The van der Waals surface area contributed by atoms with Crippen molar-refractivity contribution in [3.63, 3.8) is 0 Å². The quantitative estimate of drug-likeness (QED) is 0.507. The Kier molecular flexibility index (Phi) is 5.67. The van der Waals surface area contributed by atoms with E-state index in [9.17, 15) is 4.79 Å². The smallest absolute Gasteiger partial charge is 0.342 e. The zero-order valence-corrected chi connectivity index (χ0v) is 17.7. The van der Waals surface area contributed by atoms with Crippen molar-refractivity contribution in [2.24, 2.45) is 0 Å². The molecule has 0 aliphatic heterocycles. The molecule has 4 nitrogen and oxygen atoms in total. The van der Waals surface area contributed by atoms with Gasteiger partial charge >= 0.3 is 5.97 Å². The van der Waals surface area contributed by atoms with Gasteiger partial charge in [-0.3, -0.25) is 0 Å². The van der Waals surface area contributed by atoms with E-state index in [2.05, 4.69) is 58.0 Å². The number of fused-ring (bicyclic) bond motifs is 1. The van der Waals surface area contributed by atoms with Crippen molar-refractivity contribution < 1.29 is 14.3 Å². The molecule has 25 heavy (non-hydrogen) atoms. The molecule has 0 saturated heterocycles. The van der Waals surface area contributed by atoms with Crippen LogP contribution in [-0.2, 0) is 4.74 Å². The summed E-state index contributed by atoms with van der Waals surface area (Å²) in [5.41, 5.74) is 3.34. The first-order valence-electron chi connectivity index (χ1n) is 9.00. The molecule has 0 saturated carbocycles. The van der Waals surface area contributed by atoms with E-state index in [-0.39, 0.29) is 5.97 Å². The minimum atomic E-state index is -1.89. The van der Waals surface area contributed by atoms with Crippen LogP contribution >= 0.6 is 0 Å². The molecule has 0 unspecified atom stereocenters. The Morgan fingerprint density at radius 2 is 1.52 bits per heavy atom. The molecule has 138 valence electrons. The van der Waals surface area contributed by atoms with Crippen LogP contribution < -0.4 is 4.74 Å². The molecule has 0 aliphatic carbocycles. The second-order valence-corrected chi connectivity index (χ2v) is 13.3. The van der Waals surface area contributed by atoms with Gasteiger partial charge in [0.25, 0.3) is 0 Å². The molecule has 0 amide bonds. The first-order valence-corrected chi connectivity index (χ1v) is 11.2. The van der Waals surface area contributed by atoms with Gasteiger partial charge in [0.1, 0.15) is 11.3 Å². The highest BCUT2D eigenvalue weighted by Crippen LogP contribution is 2.45. The molecule has 2 aromatic rings. The fraction of sp³-hybridized carbons (Fsp3) is 0.550. The SMILES string of the molecule is COC(=O)c1c(OC)ccc2c1ccn2[Si](C(C)C)(C(C)C)C(C)C. The summed E-state index contributed by atoms with van der Waals surface area (Å²) in [6.45, 7) is 14.0. The van der Waals surface area contributed by atoms with Crippen LogP contribution in [-0.4, -0.2) is 32.7 Å². The lowest BCUT2D eigenvalue weighted by Crippen LogP contribution is -2.51. The molecule has 1 aromatic heterocycles. The van der Waals surface area contributed by atoms with Crippen molar-refractivity contribution in [1.82, 2.24) is 4.23 Å². The van der Waals surface area contributed by atoms with Gasteiger partial charge < -0.3 is 13.7 Å². The Morgan fingerprint density at radius 3 is 1.96 bits per heavy atom. The summed E-state index contributed by atoms with van der Waals surface area (Å²) in [6.07, 6.45) is 2.17. The topological polar surface area (TPSA) is 40.5 Å². The summed E-state index contributed by atoms with van der Waals surface area (Å²) in [5.74, 6) is 0.203. The van der Waals surface area contributed by atoms with Gasteiger partial charge in [0.2, 0.25) is 0 Å². The number of hydrogen-bond acceptors (Lipinski definition) is 3. The summed E-state index contributed by atoms with van der Waals surface area (Å²) in [4.78, 5) is 12.4. The number of benzene rings is 1. The highest BCUT2D eigenvalue weighted by atomic mass is 28.3. The third-order valence-corrected chi connectivity index (χ3v) is 12.4. The monoisotopic (exact) mass is 361 g/mol. The summed E-state index contributed by atoms with van der Waals surface area (Å²) in [7, 11) is 1.11. The van der Waals surface area contributed by atoms with Gasteiger partial charge in [0, 0.05) is 10.9 Å². The number of aromatic nitrogens is 1. The average molecular weight is 362 g/mol. The molecule has 0 spiro atoms. The van der Waals surface area contributed by atoms with Crippen molar-refractivity contribution in [1.29, 1.82) is 0 Å².